The Morgan fingerprint density at radius 2 is 2.27 bits per heavy atom. The molecule has 3 nitrogen and oxygen atoms in total. The van der Waals surface area contributed by atoms with Gasteiger partial charge in [0.15, 0.2) is 0 Å². The Bertz CT molecular complexity index is 170. The van der Waals surface area contributed by atoms with E-state index < -0.39 is 12.0 Å². The van der Waals surface area contributed by atoms with Gasteiger partial charge in [-0.2, -0.15) is 0 Å². The van der Waals surface area contributed by atoms with Crippen LogP contribution in [0, 0.1) is 0 Å². The molecule has 0 saturated heterocycles. The highest BCUT2D eigenvalue weighted by molar-refractivity contribution is 8.02. The molecular weight excluding hydrogens is 209 g/mol. The quantitative estimate of drug-likeness (QED) is 0.745. The van der Waals surface area contributed by atoms with E-state index in [1.165, 1.54) is 17.2 Å². The molecule has 0 rings (SSSR count). The summed E-state index contributed by atoms with van der Waals surface area (Å²) in [7, 11) is 0. The second-order valence-corrected chi connectivity index (χ2v) is 3.60. The highest BCUT2D eigenvalue weighted by Gasteiger charge is 2.09. The van der Waals surface area contributed by atoms with E-state index in [1.54, 1.807) is 0 Å². The summed E-state index contributed by atoms with van der Waals surface area (Å²) in [5, 5.41) is 9.76. The van der Waals surface area contributed by atoms with Crippen molar-refractivity contribution in [2.24, 2.45) is 5.73 Å². The van der Waals surface area contributed by atoms with Crippen molar-refractivity contribution in [3.05, 3.63) is 9.90 Å². The van der Waals surface area contributed by atoms with Crippen LogP contribution in [-0.2, 0) is 4.79 Å². The Balaban J connectivity index is 3.55. The number of nitrogens with two attached hydrogens (primary N) is 1. The fraction of sp³-hybridized carbons (Fsp3) is 0.400. The van der Waals surface area contributed by atoms with Gasteiger partial charge in [-0.3, -0.25) is 4.79 Å². The van der Waals surface area contributed by atoms with Crippen molar-refractivity contribution in [1.82, 2.24) is 0 Å². The largest absolute Gasteiger partial charge is 0.480 e. The first kappa shape index (κ1) is 11.1. The molecule has 0 aliphatic rings. The van der Waals surface area contributed by atoms with Gasteiger partial charge in [0.05, 0.1) is 0 Å². The highest BCUT2D eigenvalue weighted by atomic mass is 35.5. The van der Waals surface area contributed by atoms with Gasteiger partial charge in [0.2, 0.25) is 0 Å². The van der Waals surface area contributed by atoms with Gasteiger partial charge < -0.3 is 10.8 Å². The van der Waals surface area contributed by atoms with E-state index in [0.29, 0.717) is 0 Å². The number of aliphatic carboxylic acids is 1. The first-order chi connectivity index (χ1) is 5.04. The van der Waals surface area contributed by atoms with Crippen LogP contribution in [0.5, 0.6) is 0 Å². The minimum absolute atomic E-state index is 0.104. The Hall–Kier alpha value is 0.1000. The Labute approximate surface area is 78.5 Å². The van der Waals surface area contributed by atoms with Crippen LogP contribution in [-0.4, -0.2) is 22.9 Å². The summed E-state index contributed by atoms with van der Waals surface area (Å²) in [6, 6.07) is -0.871. The minimum Gasteiger partial charge on any atom is -0.480 e. The summed E-state index contributed by atoms with van der Waals surface area (Å²) < 4.78 is 0.104. The van der Waals surface area contributed by atoms with Crippen molar-refractivity contribution in [2.45, 2.75) is 6.04 Å². The number of rotatable bonds is 4. The van der Waals surface area contributed by atoms with E-state index in [2.05, 4.69) is 0 Å². The second-order valence-electron chi connectivity index (χ2n) is 1.69. The first-order valence-corrected chi connectivity index (χ1v) is 4.45. The summed E-state index contributed by atoms with van der Waals surface area (Å²) in [5.41, 5.74) is 5.17. The van der Waals surface area contributed by atoms with Crippen molar-refractivity contribution < 1.29 is 9.90 Å². The van der Waals surface area contributed by atoms with Gasteiger partial charge in [-0.05, 0) is 0 Å². The smallest absolute Gasteiger partial charge is 0.321 e. The minimum atomic E-state index is -1.03. The number of halogens is 2. The SMILES string of the molecule is N[C@@H](CSC=C(Cl)Cl)C(=O)O. The van der Waals surface area contributed by atoms with Crippen molar-refractivity contribution >= 4 is 40.9 Å². The van der Waals surface area contributed by atoms with E-state index in [4.69, 9.17) is 34.0 Å². The molecule has 0 aromatic carbocycles. The van der Waals surface area contributed by atoms with Crippen LogP contribution >= 0.6 is 35.0 Å². The van der Waals surface area contributed by atoms with E-state index in [0.717, 1.165) is 0 Å². The van der Waals surface area contributed by atoms with Crippen LogP contribution in [0.1, 0.15) is 0 Å². The third-order valence-electron chi connectivity index (χ3n) is 0.765. The summed E-state index contributed by atoms with van der Waals surface area (Å²) in [5.74, 6) is -0.769. The van der Waals surface area contributed by atoms with Gasteiger partial charge in [-0.15, -0.1) is 11.8 Å². The number of thioether (sulfide) groups is 1. The molecule has 0 unspecified atom stereocenters. The van der Waals surface area contributed by atoms with Crippen LogP contribution in [0.2, 0.25) is 0 Å². The van der Waals surface area contributed by atoms with E-state index in [-0.39, 0.29) is 10.2 Å². The highest BCUT2D eigenvalue weighted by Crippen LogP contribution is 2.14. The summed E-state index contributed by atoms with van der Waals surface area (Å²) >= 11 is 11.7. The molecule has 0 radical (unpaired) electrons. The number of carbonyl (C=O) groups is 1. The molecule has 3 N–H and O–H groups in total. The molecule has 0 bridgehead atoms. The molecule has 0 amide bonds. The molecule has 6 heteroatoms. The third-order valence-corrected chi connectivity index (χ3v) is 2.20. The maximum atomic E-state index is 10.2. The van der Waals surface area contributed by atoms with Crippen LogP contribution in [0.3, 0.4) is 0 Å². The summed E-state index contributed by atoms with van der Waals surface area (Å²) in [4.78, 5) is 10.2. The van der Waals surface area contributed by atoms with Crippen LogP contribution in [0.4, 0.5) is 0 Å². The topological polar surface area (TPSA) is 63.3 Å². The monoisotopic (exact) mass is 215 g/mol. The van der Waals surface area contributed by atoms with Gasteiger partial charge in [0, 0.05) is 11.2 Å². The molecule has 0 spiro atoms. The normalized spacial score (nSPS) is 12.3. The predicted molar refractivity (Wildman–Crippen MR) is 47.9 cm³/mol. The third kappa shape index (κ3) is 6.50. The zero-order valence-electron chi connectivity index (χ0n) is 5.46. The molecule has 1 atom stereocenters. The Morgan fingerprint density at radius 3 is 2.64 bits per heavy atom. The lowest BCUT2D eigenvalue weighted by molar-refractivity contribution is -0.137. The van der Waals surface area contributed by atoms with Crippen molar-refractivity contribution in [1.29, 1.82) is 0 Å². The number of hydrogen-bond donors (Lipinski definition) is 2. The maximum absolute atomic E-state index is 10.2. The molecule has 11 heavy (non-hydrogen) atoms. The number of carboxylic acids is 1. The first-order valence-electron chi connectivity index (χ1n) is 2.65. The van der Waals surface area contributed by atoms with Gasteiger partial charge in [-0.25, -0.2) is 0 Å². The van der Waals surface area contributed by atoms with Gasteiger partial charge in [0.25, 0.3) is 0 Å². The van der Waals surface area contributed by atoms with E-state index in [1.807, 2.05) is 0 Å². The Kier molecular flexibility index (Phi) is 5.76. The fourth-order valence-corrected chi connectivity index (χ4v) is 1.24. The fourth-order valence-electron chi connectivity index (χ4n) is 0.286. The maximum Gasteiger partial charge on any atom is 0.321 e. The lowest BCUT2D eigenvalue weighted by atomic mass is 10.4. The van der Waals surface area contributed by atoms with Gasteiger partial charge in [0.1, 0.15) is 10.5 Å². The van der Waals surface area contributed by atoms with Crippen LogP contribution < -0.4 is 5.73 Å². The van der Waals surface area contributed by atoms with Crippen LogP contribution in [0.25, 0.3) is 0 Å². The second kappa shape index (κ2) is 5.71. The average Bonchev–Trinajstić information content (AvgIpc) is 1.86. The van der Waals surface area contributed by atoms with E-state index >= 15 is 0 Å². The van der Waals surface area contributed by atoms with E-state index in [9.17, 15) is 4.79 Å². The van der Waals surface area contributed by atoms with Crippen molar-refractivity contribution in [3.63, 3.8) is 0 Å². The molecule has 0 aliphatic heterocycles. The van der Waals surface area contributed by atoms with Crippen molar-refractivity contribution in [3.8, 4) is 0 Å². The molecule has 64 valence electrons. The standard InChI is InChI=1S/C5H7Cl2NO2S/c6-4(7)2-11-1-3(8)5(9)10/h2-3H,1,8H2,(H,9,10)/t3-/m0/s1. The van der Waals surface area contributed by atoms with Crippen molar-refractivity contribution in [2.75, 3.05) is 5.75 Å². The summed E-state index contributed by atoms with van der Waals surface area (Å²) in [6.45, 7) is 0. The predicted octanol–water partition coefficient (Wildman–Crippen LogP) is 1.41. The summed E-state index contributed by atoms with van der Waals surface area (Å²) in [6.07, 6.45) is 0. The molecule has 0 aromatic heterocycles. The lowest BCUT2D eigenvalue weighted by Gasteiger charge is -2.01. The zero-order valence-corrected chi connectivity index (χ0v) is 7.79. The Morgan fingerprint density at radius 1 is 1.73 bits per heavy atom. The van der Waals surface area contributed by atoms with Crippen LogP contribution in [0.15, 0.2) is 9.90 Å². The zero-order chi connectivity index (χ0) is 8.85. The van der Waals surface area contributed by atoms with Gasteiger partial charge >= 0.3 is 5.97 Å². The molecule has 0 fully saturated rings. The molecule has 0 aromatic rings. The number of carboxylic acid groups (broad SMARTS) is 1. The molecule has 0 aliphatic carbocycles. The molecule has 0 heterocycles. The van der Waals surface area contributed by atoms with Gasteiger partial charge in [-0.1, -0.05) is 23.2 Å². The lowest BCUT2D eigenvalue weighted by Crippen LogP contribution is -2.32. The number of hydrogen-bond acceptors (Lipinski definition) is 3. The molecule has 0 saturated carbocycles. The average molecular weight is 216 g/mol. The molecular formula is C5H7Cl2NO2S.